The van der Waals surface area contributed by atoms with Crippen LogP contribution in [0.5, 0.6) is 0 Å². The van der Waals surface area contributed by atoms with Gasteiger partial charge in [-0.1, -0.05) is 12.1 Å². The molecular weight excluding hydrogens is 232 g/mol. The second kappa shape index (κ2) is 3.44. The van der Waals surface area contributed by atoms with Crippen LogP contribution in [0.3, 0.4) is 0 Å². The number of nitro benzene ring substituents is 1. The van der Waals surface area contributed by atoms with Gasteiger partial charge in [0.25, 0.3) is 5.69 Å². The molecule has 0 spiro atoms. The molecular formula is C9H10N2O4S. The van der Waals surface area contributed by atoms with Crippen LogP contribution in [-0.4, -0.2) is 26.1 Å². The number of hydrogen-bond donors (Lipinski definition) is 0. The molecule has 0 N–H and O–H groups in total. The Morgan fingerprint density at radius 2 is 2.12 bits per heavy atom. The van der Waals surface area contributed by atoms with Crippen LogP contribution in [0.15, 0.2) is 18.2 Å². The summed E-state index contributed by atoms with van der Waals surface area (Å²) in [5, 5.41) is 10.8. The predicted molar refractivity (Wildman–Crippen MR) is 59.0 cm³/mol. The molecule has 1 aliphatic rings. The minimum atomic E-state index is -3.44. The summed E-state index contributed by atoms with van der Waals surface area (Å²) in [6.07, 6.45) is 1.57. The van der Waals surface area contributed by atoms with Crippen LogP contribution >= 0.6 is 0 Å². The maximum absolute atomic E-state index is 11.5. The standard InChI is InChI=1S/C9H10N2O4S/c1-16(14,15)10-6-5-7-3-2-4-8(9(7)10)11(12)13/h2-4H,5-6H2,1H3. The summed E-state index contributed by atoms with van der Waals surface area (Å²) in [4.78, 5) is 10.3. The van der Waals surface area contributed by atoms with Gasteiger partial charge >= 0.3 is 0 Å². The third-order valence-corrected chi connectivity index (χ3v) is 3.69. The number of anilines is 1. The summed E-state index contributed by atoms with van der Waals surface area (Å²) in [5.74, 6) is 0. The quantitative estimate of drug-likeness (QED) is 0.570. The maximum Gasteiger partial charge on any atom is 0.293 e. The Kier molecular flexibility index (Phi) is 2.34. The lowest BCUT2D eigenvalue weighted by atomic mass is 10.1. The highest BCUT2D eigenvalue weighted by atomic mass is 32.2. The fourth-order valence-corrected chi connectivity index (χ4v) is 2.85. The van der Waals surface area contributed by atoms with Crippen LogP contribution < -0.4 is 4.31 Å². The van der Waals surface area contributed by atoms with E-state index in [0.717, 1.165) is 10.6 Å². The van der Waals surface area contributed by atoms with Crippen LogP contribution in [0.2, 0.25) is 0 Å². The Morgan fingerprint density at radius 1 is 1.44 bits per heavy atom. The van der Waals surface area contributed by atoms with Gasteiger partial charge in [0.1, 0.15) is 5.69 Å². The van der Waals surface area contributed by atoms with Gasteiger partial charge < -0.3 is 0 Å². The van der Waals surface area contributed by atoms with Gasteiger partial charge in [0.2, 0.25) is 10.0 Å². The predicted octanol–water partition coefficient (Wildman–Crippen LogP) is 0.917. The molecule has 1 aromatic carbocycles. The van der Waals surface area contributed by atoms with Crippen LogP contribution in [0.25, 0.3) is 0 Å². The van der Waals surface area contributed by atoms with Gasteiger partial charge in [-0.3, -0.25) is 14.4 Å². The number of nitro groups is 1. The molecule has 1 aromatic rings. The number of para-hydroxylation sites is 1. The van der Waals surface area contributed by atoms with E-state index in [1.807, 2.05) is 0 Å². The summed E-state index contributed by atoms with van der Waals surface area (Å²) >= 11 is 0. The topological polar surface area (TPSA) is 80.5 Å². The van der Waals surface area contributed by atoms with Crippen molar-refractivity contribution in [3.63, 3.8) is 0 Å². The Bertz CT molecular complexity index is 553. The lowest BCUT2D eigenvalue weighted by molar-refractivity contribution is -0.384. The van der Waals surface area contributed by atoms with E-state index in [4.69, 9.17) is 0 Å². The van der Waals surface area contributed by atoms with Gasteiger partial charge in [-0.05, 0) is 12.0 Å². The Labute approximate surface area is 92.7 Å². The van der Waals surface area contributed by atoms with Gasteiger partial charge in [-0.2, -0.15) is 0 Å². The summed E-state index contributed by atoms with van der Waals surface area (Å²) < 4.78 is 24.0. The van der Waals surface area contributed by atoms with Crippen LogP contribution in [0.4, 0.5) is 11.4 Å². The van der Waals surface area contributed by atoms with Gasteiger partial charge in [0.05, 0.1) is 11.2 Å². The van der Waals surface area contributed by atoms with E-state index in [0.29, 0.717) is 12.0 Å². The van der Waals surface area contributed by atoms with Crippen molar-refractivity contribution in [2.75, 3.05) is 17.1 Å². The Hall–Kier alpha value is -1.63. The first-order chi connectivity index (χ1) is 7.41. The molecule has 0 saturated heterocycles. The molecule has 1 aliphatic heterocycles. The SMILES string of the molecule is CS(=O)(=O)N1CCc2cccc([N+](=O)[O-])c21. The average molecular weight is 242 g/mol. The molecule has 86 valence electrons. The van der Waals surface area contributed by atoms with E-state index in [-0.39, 0.29) is 17.9 Å². The van der Waals surface area contributed by atoms with Crippen molar-refractivity contribution < 1.29 is 13.3 Å². The molecule has 2 rings (SSSR count). The van der Waals surface area contributed by atoms with Crippen molar-refractivity contribution in [1.82, 2.24) is 0 Å². The molecule has 1 heterocycles. The molecule has 0 atom stereocenters. The van der Waals surface area contributed by atoms with Crippen LogP contribution in [-0.2, 0) is 16.4 Å². The second-order valence-electron chi connectivity index (χ2n) is 3.63. The third-order valence-electron chi connectivity index (χ3n) is 2.53. The van der Waals surface area contributed by atoms with Crippen molar-refractivity contribution in [1.29, 1.82) is 0 Å². The minimum Gasteiger partial charge on any atom is -0.263 e. The maximum atomic E-state index is 11.5. The average Bonchev–Trinajstić information content (AvgIpc) is 2.59. The fraction of sp³-hybridized carbons (Fsp3) is 0.333. The van der Waals surface area contributed by atoms with Crippen LogP contribution in [0.1, 0.15) is 5.56 Å². The van der Waals surface area contributed by atoms with Gasteiger partial charge in [0.15, 0.2) is 0 Å². The molecule has 0 fully saturated rings. The van der Waals surface area contributed by atoms with Crippen LogP contribution in [0, 0.1) is 10.1 Å². The van der Waals surface area contributed by atoms with Gasteiger partial charge in [-0.25, -0.2) is 8.42 Å². The minimum absolute atomic E-state index is 0.152. The van der Waals surface area contributed by atoms with Crippen molar-refractivity contribution in [2.24, 2.45) is 0 Å². The summed E-state index contributed by atoms with van der Waals surface area (Å²) in [7, 11) is -3.44. The number of rotatable bonds is 2. The van der Waals surface area contributed by atoms with E-state index in [1.54, 1.807) is 12.1 Å². The van der Waals surface area contributed by atoms with Crippen molar-refractivity contribution >= 4 is 21.4 Å². The molecule has 0 aliphatic carbocycles. The normalized spacial score (nSPS) is 14.9. The monoisotopic (exact) mass is 242 g/mol. The number of benzene rings is 1. The lowest BCUT2D eigenvalue weighted by Gasteiger charge is -2.15. The molecule has 7 heteroatoms. The van der Waals surface area contributed by atoms with E-state index in [9.17, 15) is 18.5 Å². The highest BCUT2D eigenvalue weighted by molar-refractivity contribution is 7.92. The summed E-state index contributed by atoms with van der Waals surface area (Å²) in [6, 6.07) is 4.61. The number of sulfonamides is 1. The first kappa shape index (κ1) is 10.9. The third kappa shape index (κ3) is 1.63. The lowest BCUT2D eigenvalue weighted by Crippen LogP contribution is -2.28. The Balaban J connectivity index is 2.65. The first-order valence-electron chi connectivity index (χ1n) is 4.65. The number of nitrogens with zero attached hydrogens (tertiary/aromatic N) is 2. The van der Waals surface area contributed by atoms with Crippen molar-refractivity contribution in [2.45, 2.75) is 6.42 Å². The zero-order valence-electron chi connectivity index (χ0n) is 8.58. The molecule has 6 nitrogen and oxygen atoms in total. The fourth-order valence-electron chi connectivity index (χ4n) is 1.88. The zero-order chi connectivity index (χ0) is 11.9. The molecule has 0 bridgehead atoms. The van der Waals surface area contributed by atoms with E-state index < -0.39 is 14.9 Å². The van der Waals surface area contributed by atoms with Gasteiger partial charge in [-0.15, -0.1) is 0 Å². The second-order valence-corrected chi connectivity index (χ2v) is 5.53. The number of hydrogen-bond acceptors (Lipinski definition) is 4. The largest absolute Gasteiger partial charge is 0.293 e. The van der Waals surface area contributed by atoms with E-state index >= 15 is 0 Å². The van der Waals surface area contributed by atoms with Gasteiger partial charge in [0, 0.05) is 12.6 Å². The molecule has 0 saturated carbocycles. The molecule has 0 unspecified atom stereocenters. The molecule has 0 aromatic heterocycles. The van der Waals surface area contributed by atoms with E-state index in [2.05, 4.69) is 0 Å². The Morgan fingerprint density at radius 3 is 2.69 bits per heavy atom. The number of fused-ring (bicyclic) bond motifs is 1. The first-order valence-corrected chi connectivity index (χ1v) is 6.50. The summed E-state index contributed by atoms with van der Waals surface area (Å²) in [5.41, 5.74) is 0.773. The molecule has 16 heavy (non-hydrogen) atoms. The van der Waals surface area contributed by atoms with Crippen molar-refractivity contribution in [3.8, 4) is 0 Å². The molecule has 0 amide bonds. The zero-order valence-corrected chi connectivity index (χ0v) is 9.40. The van der Waals surface area contributed by atoms with Crippen molar-refractivity contribution in [3.05, 3.63) is 33.9 Å². The highest BCUT2D eigenvalue weighted by Gasteiger charge is 2.32. The summed E-state index contributed by atoms with van der Waals surface area (Å²) in [6.45, 7) is 0.277. The highest BCUT2D eigenvalue weighted by Crippen LogP contribution is 2.37. The molecule has 0 radical (unpaired) electrons. The smallest absolute Gasteiger partial charge is 0.263 e. The van der Waals surface area contributed by atoms with E-state index in [1.165, 1.54) is 6.07 Å².